The van der Waals surface area contributed by atoms with Crippen molar-refractivity contribution in [3.8, 4) is 5.75 Å². The van der Waals surface area contributed by atoms with Crippen molar-refractivity contribution in [2.45, 2.75) is 26.9 Å². The van der Waals surface area contributed by atoms with Gasteiger partial charge in [0.05, 0.1) is 12.8 Å². The Morgan fingerprint density at radius 3 is 2.52 bits per heavy atom. The summed E-state index contributed by atoms with van der Waals surface area (Å²) in [5.41, 5.74) is 1.53. The number of amides is 1. The molecule has 0 bridgehead atoms. The van der Waals surface area contributed by atoms with E-state index in [1.54, 1.807) is 18.2 Å². The van der Waals surface area contributed by atoms with Crippen molar-refractivity contribution in [2.24, 2.45) is 0 Å². The topological polar surface area (TPSA) is 64.6 Å². The molecule has 0 saturated heterocycles. The molecular weight excluding hydrogens is 314 g/mol. The highest BCUT2D eigenvalue weighted by atomic mass is 32.1. The van der Waals surface area contributed by atoms with E-state index in [1.807, 2.05) is 26.0 Å². The van der Waals surface area contributed by atoms with Crippen LogP contribution in [0.3, 0.4) is 0 Å². The molecule has 1 atom stereocenters. The zero-order valence-corrected chi connectivity index (χ0v) is 14.3. The van der Waals surface area contributed by atoms with Crippen LogP contribution in [0.4, 0.5) is 5.69 Å². The molecule has 1 aromatic heterocycles. The largest absolute Gasteiger partial charge is 0.495 e. The molecule has 0 radical (unpaired) electrons. The maximum absolute atomic E-state index is 12.2. The normalized spacial score (nSPS) is 11.7. The van der Waals surface area contributed by atoms with Gasteiger partial charge in [-0.3, -0.25) is 4.79 Å². The van der Waals surface area contributed by atoms with Crippen LogP contribution in [-0.2, 0) is 9.53 Å². The Hall–Kier alpha value is -2.34. The van der Waals surface area contributed by atoms with Crippen molar-refractivity contribution in [2.75, 3.05) is 12.4 Å². The fraction of sp³-hybridized carbons (Fsp3) is 0.294. The Labute approximate surface area is 139 Å². The van der Waals surface area contributed by atoms with Gasteiger partial charge in [-0.1, -0.05) is 6.07 Å². The molecule has 122 valence electrons. The van der Waals surface area contributed by atoms with Crippen LogP contribution < -0.4 is 10.1 Å². The molecule has 1 amide bonds. The number of methoxy groups -OCH3 is 1. The van der Waals surface area contributed by atoms with Gasteiger partial charge in [0.15, 0.2) is 6.10 Å². The van der Waals surface area contributed by atoms with Gasteiger partial charge in [-0.2, -0.15) is 0 Å². The van der Waals surface area contributed by atoms with Crippen molar-refractivity contribution in [1.82, 2.24) is 0 Å². The van der Waals surface area contributed by atoms with Crippen LogP contribution in [0.15, 0.2) is 30.3 Å². The quantitative estimate of drug-likeness (QED) is 0.850. The average molecular weight is 333 g/mol. The maximum atomic E-state index is 12.2. The molecular formula is C17H19NO4S. The van der Waals surface area contributed by atoms with Crippen molar-refractivity contribution < 1.29 is 19.1 Å². The minimum absolute atomic E-state index is 0.407. The zero-order valence-electron chi connectivity index (χ0n) is 13.5. The predicted molar refractivity (Wildman–Crippen MR) is 90.3 cm³/mol. The number of thiophene rings is 1. The van der Waals surface area contributed by atoms with Crippen LogP contribution in [-0.4, -0.2) is 25.1 Å². The lowest BCUT2D eigenvalue weighted by Crippen LogP contribution is -2.30. The first-order valence-corrected chi connectivity index (χ1v) is 7.95. The number of ether oxygens (including phenoxy) is 2. The van der Waals surface area contributed by atoms with Gasteiger partial charge in [-0.05, 0) is 50.6 Å². The van der Waals surface area contributed by atoms with Crippen LogP contribution >= 0.6 is 11.3 Å². The van der Waals surface area contributed by atoms with E-state index in [0.717, 1.165) is 10.4 Å². The van der Waals surface area contributed by atoms with Gasteiger partial charge in [0.2, 0.25) is 0 Å². The van der Waals surface area contributed by atoms with Crippen LogP contribution in [0.25, 0.3) is 0 Å². The predicted octanol–water partition coefficient (Wildman–Crippen LogP) is 3.56. The molecule has 0 unspecified atom stereocenters. The summed E-state index contributed by atoms with van der Waals surface area (Å²) in [6.07, 6.45) is -0.907. The number of anilines is 1. The fourth-order valence-corrected chi connectivity index (χ4v) is 2.72. The Morgan fingerprint density at radius 2 is 1.91 bits per heavy atom. The first-order chi connectivity index (χ1) is 10.9. The van der Waals surface area contributed by atoms with E-state index in [2.05, 4.69) is 5.32 Å². The second-order valence-electron chi connectivity index (χ2n) is 5.15. The third-order valence-electron chi connectivity index (χ3n) is 3.21. The van der Waals surface area contributed by atoms with E-state index in [4.69, 9.17) is 9.47 Å². The standard InChI is InChI=1S/C17H19NO4S/c1-10-5-7-14(21-4)13(9-10)18-16(19)12(3)22-17(20)15-8-6-11(2)23-15/h5-9,12H,1-4H3,(H,18,19)/t12-/m0/s1. The van der Waals surface area contributed by atoms with Crippen LogP contribution in [0.5, 0.6) is 5.75 Å². The molecule has 0 fully saturated rings. The number of carbonyl (C=O) groups is 2. The summed E-state index contributed by atoms with van der Waals surface area (Å²) >= 11 is 1.34. The van der Waals surface area contributed by atoms with Crippen molar-refractivity contribution >= 4 is 28.9 Å². The second-order valence-corrected chi connectivity index (χ2v) is 6.44. The Balaban J connectivity index is 2.03. The molecule has 0 aliphatic carbocycles. The summed E-state index contributed by atoms with van der Waals surface area (Å²) in [6, 6.07) is 8.99. The molecule has 6 heteroatoms. The van der Waals surface area contributed by atoms with E-state index in [-0.39, 0.29) is 0 Å². The number of nitrogens with one attached hydrogen (secondary N) is 1. The van der Waals surface area contributed by atoms with Gasteiger partial charge in [-0.15, -0.1) is 11.3 Å². The number of benzene rings is 1. The first-order valence-electron chi connectivity index (χ1n) is 7.13. The molecule has 0 aliphatic rings. The van der Waals surface area contributed by atoms with Gasteiger partial charge < -0.3 is 14.8 Å². The summed E-state index contributed by atoms with van der Waals surface area (Å²) in [4.78, 5) is 25.7. The fourth-order valence-electron chi connectivity index (χ4n) is 1.97. The highest BCUT2D eigenvalue weighted by molar-refractivity contribution is 7.13. The van der Waals surface area contributed by atoms with E-state index >= 15 is 0 Å². The van der Waals surface area contributed by atoms with Crippen molar-refractivity contribution in [3.63, 3.8) is 0 Å². The SMILES string of the molecule is COc1ccc(C)cc1NC(=O)[C@H](C)OC(=O)c1ccc(C)s1. The number of hydrogen-bond donors (Lipinski definition) is 1. The molecule has 23 heavy (non-hydrogen) atoms. The minimum atomic E-state index is -0.907. The molecule has 0 spiro atoms. The third-order valence-corrected chi connectivity index (χ3v) is 4.19. The van der Waals surface area contributed by atoms with Crippen LogP contribution in [0.2, 0.25) is 0 Å². The Bertz CT molecular complexity index is 723. The molecule has 0 saturated carbocycles. The van der Waals surface area contributed by atoms with Gasteiger partial charge in [-0.25, -0.2) is 4.79 Å². The van der Waals surface area contributed by atoms with Crippen molar-refractivity contribution in [3.05, 3.63) is 45.6 Å². The number of rotatable bonds is 5. The van der Waals surface area contributed by atoms with Crippen LogP contribution in [0, 0.1) is 13.8 Å². The molecule has 2 aromatic rings. The average Bonchev–Trinajstić information content (AvgIpc) is 2.94. The molecule has 0 aliphatic heterocycles. The number of hydrogen-bond acceptors (Lipinski definition) is 5. The monoisotopic (exact) mass is 333 g/mol. The summed E-state index contributed by atoms with van der Waals surface area (Å²) in [5.74, 6) is -0.353. The smallest absolute Gasteiger partial charge is 0.349 e. The lowest BCUT2D eigenvalue weighted by atomic mass is 10.2. The number of carbonyl (C=O) groups excluding carboxylic acids is 2. The summed E-state index contributed by atoms with van der Waals surface area (Å²) in [6.45, 7) is 5.36. The van der Waals surface area contributed by atoms with Gasteiger partial charge >= 0.3 is 5.97 Å². The summed E-state index contributed by atoms with van der Waals surface area (Å²) in [5, 5.41) is 2.73. The molecule has 1 heterocycles. The minimum Gasteiger partial charge on any atom is -0.495 e. The second kappa shape index (κ2) is 7.28. The van der Waals surface area contributed by atoms with E-state index in [1.165, 1.54) is 25.4 Å². The lowest BCUT2D eigenvalue weighted by molar-refractivity contribution is -0.123. The first kappa shape index (κ1) is 17.0. The molecule has 1 aromatic carbocycles. The summed E-state index contributed by atoms with van der Waals surface area (Å²) < 4.78 is 10.4. The summed E-state index contributed by atoms with van der Waals surface area (Å²) in [7, 11) is 1.53. The Kier molecular flexibility index (Phi) is 5.39. The van der Waals surface area contributed by atoms with Gasteiger partial charge in [0.25, 0.3) is 5.91 Å². The number of aryl methyl sites for hydroxylation is 2. The third kappa shape index (κ3) is 4.32. The van der Waals surface area contributed by atoms with Gasteiger partial charge in [0.1, 0.15) is 10.6 Å². The molecule has 2 rings (SSSR count). The molecule has 1 N–H and O–H groups in total. The van der Waals surface area contributed by atoms with Gasteiger partial charge in [0, 0.05) is 4.88 Å². The molecule has 5 nitrogen and oxygen atoms in total. The number of esters is 1. The van der Waals surface area contributed by atoms with Crippen LogP contribution in [0.1, 0.15) is 27.0 Å². The Morgan fingerprint density at radius 1 is 1.17 bits per heavy atom. The maximum Gasteiger partial charge on any atom is 0.349 e. The van der Waals surface area contributed by atoms with E-state index < -0.39 is 18.0 Å². The lowest BCUT2D eigenvalue weighted by Gasteiger charge is -2.15. The van der Waals surface area contributed by atoms with Crippen molar-refractivity contribution in [1.29, 1.82) is 0 Å². The zero-order chi connectivity index (χ0) is 17.0. The highest BCUT2D eigenvalue weighted by Gasteiger charge is 2.21. The van der Waals surface area contributed by atoms with E-state index in [9.17, 15) is 9.59 Å². The van der Waals surface area contributed by atoms with E-state index in [0.29, 0.717) is 16.3 Å². The highest BCUT2D eigenvalue weighted by Crippen LogP contribution is 2.25.